The van der Waals surface area contributed by atoms with E-state index in [1.54, 1.807) is 0 Å². The Morgan fingerprint density at radius 3 is 2.88 bits per heavy atom. The first-order chi connectivity index (χ1) is 7.72. The van der Waals surface area contributed by atoms with Gasteiger partial charge in [-0.3, -0.25) is 5.10 Å². The van der Waals surface area contributed by atoms with Gasteiger partial charge in [-0.05, 0) is 0 Å². The SMILES string of the molecule is COC(=O)c1cnc(-c2ncn[nH]2)nc1N. The quantitative estimate of drug-likeness (QED) is 0.662. The van der Waals surface area contributed by atoms with E-state index >= 15 is 0 Å². The van der Waals surface area contributed by atoms with E-state index in [4.69, 9.17) is 5.73 Å². The zero-order chi connectivity index (χ0) is 11.5. The van der Waals surface area contributed by atoms with Gasteiger partial charge in [0.15, 0.2) is 11.6 Å². The molecule has 2 aromatic heterocycles. The van der Waals surface area contributed by atoms with E-state index in [0.717, 1.165) is 0 Å². The van der Waals surface area contributed by atoms with Crippen molar-refractivity contribution in [3.63, 3.8) is 0 Å². The third kappa shape index (κ3) is 1.67. The molecule has 2 heterocycles. The molecule has 0 aliphatic heterocycles. The Balaban J connectivity index is 2.41. The molecule has 0 atom stereocenters. The Kier molecular flexibility index (Phi) is 2.46. The molecule has 0 bridgehead atoms. The number of nitrogens with zero attached hydrogens (tertiary/aromatic N) is 4. The number of ether oxygens (including phenoxy) is 1. The lowest BCUT2D eigenvalue weighted by Gasteiger charge is -2.02. The molecule has 82 valence electrons. The van der Waals surface area contributed by atoms with Crippen LogP contribution >= 0.6 is 0 Å². The number of nitrogens with one attached hydrogen (secondary N) is 1. The van der Waals surface area contributed by atoms with Crippen LogP contribution in [0, 0.1) is 0 Å². The molecule has 0 spiro atoms. The van der Waals surface area contributed by atoms with Gasteiger partial charge in [0, 0.05) is 6.20 Å². The molecule has 0 saturated carbocycles. The predicted octanol–water partition coefficient (Wildman–Crippen LogP) is -0.370. The molecule has 2 aromatic rings. The third-order valence-corrected chi connectivity index (χ3v) is 1.85. The van der Waals surface area contributed by atoms with Crippen molar-refractivity contribution in [2.75, 3.05) is 12.8 Å². The topological polar surface area (TPSA) is 120 Å². The smallest absolute Gasteiger partial charge is 0.343 e. The summed E-state index contributed by atoms with van der Waals surface area (Å²) in [6.45, 7) is 0. The van der Waals surface area contributed by atoms with Crippen LogP contribution in [0.4, 0.5) is 5.82 Å². The summed E-state index contributed by atoms with van der Waals surface area (Å²) in [5, 5.41) is 6.24. The number of hydrogen-bond donors (Lipinski definition) is 2. The fourth-order valence-electron chi connectivity index (χ4n) is 1.09. The number of carbonyl (C=O) groups is 1. The van der Waals surface area contributed by atoms with Crippen LogP contribution in [0.15, 0.2) is 12.5 Å². The summed E-state index contributed by atoms with van der Waals surface area (Å²) >= 11 is 0. The number of esters is 1. The number of carbonyl (C=O) groups excluding carboxylic acids is 1. The Hall–Kier alpha value is -2.51. The van der Waals surface area contributed by atoms with E-state index in [9.17, 15) is 4.79 Å². The molecule has 3 N–H and O–H groups in total. The lowest BCUT2D eigenvalue weighted by Crippen LogP contribution is -2.09. The van der Waals surface area contributed by atoms with Crippen molar-refractivity contribution in [2.45, 2.75) is 0 Å². The first-order valence-electron chi connectivity index (χ1n) is 4.29. The minimum absolute atomic E-state index is 0.0354. The van der Waals surface area contributed by atoms with Gasteiger partial charge in [0.2, 0.25) is 0 Å². The van der Waals surface area contributed by atoms with Gasteiger partial charge in [-0.15, -0.1) is 0 Å². The molecule has 8 nitrogen and oxygen atoms in total. The second-order valence-electron chi connectivity index (χ2n) is 2.82. The van der Waals surface area contributed by atoms with Crippen molar-refractivity contribution < 1.29 is 9.53 Å². The van der Waals surface area contributed by atoms with Crippen molar-refractivity contribution in [1.29, 1.82) is 0 Å². The van der Waals surface area contributed by atoms with Gasteiger partial charge in [0.1, 0.15) is 17.7 Å². The summed E-state index contributed by atoms with van der Waals surface area (Å²) in [5.41, 5.74) is 5.71. The van der Waals surface area contributed by atoms with Crippen LogP contribution in [0.25, 0.3) is 11.6 Å². The van der Waals surface area contributed by atoms with E-state index < -0.39 is 5.97 Å². The van der Waals surface area contributed by atoms with Crippen LogP contribution in [0.2, 0.25) is 0 Å². The maximum absolute atomic E-state index is 11.2. The minimum Gasteiger partial charge on any atom is -0.465 e. The van der Waals surface area contributed by atoms with Gasteiger partial charge in [-0.1, -0.05) is 0 Å². The molecule has 2 rings (SSSR count). The molecule has 0 aliphatic rings. The van der Waals surface area contributed by atoms with Crippen LogP contribution in [-0.4, -0.2) is 38.2 Å². The molecule has 0 radical (unpaired) electrons. The number of aromatic amines is 1. The van der Waals surface area contributed by atoms with Gasteiger partial charge in [0.25, 0.3) is 0 Å². The van der Waals surface area contributed by atoms with Gasteiger partial charge in [-0.25, -0.2) is 19.7 Å². The second kappa shape index (κ2) is 3.93. The maximum Gasteiger partial charge on any atom is 0.343 e. The third-order valence-electron chi connectivity index (χ3n) is 1.85. The first-order valence-corrected chi connectivity index (χ1v) is 4.29. The van der Waals surface area contributed by atoms with Crippen molar-refractivity contribution in [2.24, 2.45) is 0 Å². The van der Waals surface area contributed by atoms with Crippen molar-refractivity contribution >= 4 is 11.8 Å². The summed E-state index contributed by atoms with van der Waals surface area (Å²) in [4.78, 5) is 22.9. The van der Waals surface area contributed by atoms with E-state index in [-0.39, 0.29) is 17.2 Å². The number of nitrogen functional groups attached to an aromatic ring is 1. The molecule has 8 heteroatoms. The Labute approximate surface area is 89.9 Å². The van der Waals surface area contributed by atoms with E-state index in [0.29, 0.717) is 5.82 Å². The zero-order valence-corrected chi connectivity index (χ0v) is 8.34. The normalized spacial score (nSPS) is 10.1. The molecule has 16 heavy (non-hydrogen) atoms. The van der Waals surface area contributed by atoms with Crippen LogP contribution in [0.5, 0.6) is 0 Å². The van der Waals surface area contributed by atoms with Crippen LogP contribution < -0.4 is 5.73 Å². The van der Waals surface area contributed by atoms with Crippen LogP contribution in [0.3, 0.4) is 0 Å². The second-order valence-corrected chi connectivity index (χ2v) is 2.82. The molecular formula is C8H8N6O2. The highest BCUT2D eigenvalue weighted by Crippen LogP contribution is 2.13. The molecular weight excluding hydrogens is 212 g/mol. The molecule has 0 amide bonds. The van der Waals surface area contributed by atoms with Gasteiger partial charge >= 0.3 is 5.97 Å². The Morgan fingerprint density at radius 1 is 1.50 bits per heavy atom. The number of hydrogen-bond acceptors (Lipinski definition) is 7. The lowest BCUT2D eigenvalue weighted by atomic mass is 10.3. The number of rotatable bonds is 2. The molecule has 0 aliphatic carbocycles. The Bertz CT molecular complexity index is 509. The van der Waals surface area contributed by atoms with Crippen molar-refractivity contribution in [3.05, 3.63) is 18.1 Å². The largest absolute Gasteiger partial charge is 0.465 e. The number of aromatic nitrogens is 5. The molecule has 0 saturated heterocycles. The average molecular weight is 220 g/mol. The van der Waals surface area contributed by atoms with Crippen molar-refractivity contribution in [1.82, 2.24) is 25.1 Å². The summed E-state index contributed by atoms with van der Waals surface area (Å²) in [7, 11) is 1.26. The van der Waals surface area contributed by atoms with Crippen LogP contribution in [-0.2, 0) is 4.74 Å². The number of methoxy groups -OCH3 is 1. The number of H-pyrrole nitrogens is 1. The Morgan fingerprint density at radius 2 is 2.31 bits per heavy atom. The zero-order valence-electron chi connectivity index (χ0n) is 8.34. The first kappa shape index (κ1) is 10.0. The van der Waals surface area contributed by atoms with E-state index in [1.165, 1.54) is 19.6 Å². The fourth-order valence-corrected chi connectivity index (χ4v) is 1.09. The lowest BCUT2D eigenvalue weighted by molar-refractivity contribution is 0.0601. The molecule has 0 unspecified atom stereocenters. The van der Waals surface area contributed by atoms with Crippen LogP contribution in [0.1, 0.15) is 10.4 Å². The van der Waals surface area contributed by atoms with E-state index in [1.807, 2.05) is 0 Å². The summed E-state index contributed by atoms with van der Waals surface area (Å²) < 4.78 is 4.51. The minimum atomic E-state index is -0.582. The highest BCUT2D eigenvalue weighted by atomic mass is 16.5. The summed E-state index contributed by atoms with van der Waals surface area (Å²) in [5.74, 6) is 0.0978. The standard InChI is InChI=1S/C8H8N6O2/c1-16-8(15)4-2-10-6(13-5(4)9)7-11-3-12-14-7/h2-3H,1H3,(H2,9,10,13)(H,11,12,14). The summed E-state index contributed by atoms with van der Waals surface area (Å²) in [6, 6.07) is 0. The number of nitrogens with two attached hydrogens (primary N) is 1. The monoisotopic (exact) mass is 220 g/mol. The maximum atomic E-state index is 11.2. The predicted molar refractivity (Wildman–Crippen MR) is 53.2 cm³/mol. The summed E-state index contributed by atoms with van der Waals surface area (Å²) in [6.07, 6.45) is 2.61. The van der Waals surface area contributed by atoms with E-state index in [2.05, 4.69) is 29.9 Å². The van der Waals surface area contributed by atoms with Gasteiger partial charge in [-0.2, -0.15) is 5.10 Å². The molecule has 0 aromatic carbocycles. The average Bonchev–Trinajstić information content (AvgIpc) is 2.81. The number of anilines is 1. The fraction of sp³-hybridized carbons (Fsp3) is 0.125. The molecule has 0 fully saturated rings. The van der Waals surface area contributed by atoms with Gasteiger partial charge in [0.05, 0.1) is 7.11 Å². The highest BCUT2D eigenvalue weighted by Gasteiger charge is 2.14. The van der Waals surface area contributed by atoms with Crippen molar-refractivity contribution in [3.8, 4) is 11.6 Å². The highest BCUT2D eigenvalue weighted by molar-refractivity contribution is 5.93. The van der Waals surface area contributed by atoms with Gasteiger partial charge < -0.3 is 10.5 Å².